The predicted octanol–water partition coefficient (Wildman–Crippen LogP) is 2.18. The Morgan fingerprint density at radius 1 is 1.13 bits per heavy atom. The van der Waals surface area contributed by atoms with Gasteiger partial charge in [0.05, 0.1) is 14.2 Å². The van der Waals surface area contributed by atoms with E-state index in [0.29, 0.717) is 11.5 Å². The zero-order valence-corrected chi connectivity index (χ0v) is 8.82. The molecule has 0 spiro atoms. The van der Waals surface area contributed by atoms with E-state index in [2.05, 4.69) is 4.89 Å². The molecule has 0 unspecified atom stereocenters. The Hall–Kier alpha value is -1.26. The Kier molecular flexibility index (Phi) is 2.54. The highest BCUT2D eigenvalue weighted by atomic mass is 17.1. The molecule has 15 heavy (non-hydrogen) atoms. The van der Waals surface area contributed by atoms with Crippen LogP contribution in [0.1, 0.15) is 18.4 Å². The van der Waals surface area contributed by atoms with Crippen molar-refractivity contribution in [3.8, 4) is 11.5 Å². The fraction of sp³-hybridized carbons (Fsp3) is 0.455. The van der Waals surface area contributed by atoms with Gasteiger partial charge in [0.1, 0.15) is 5.60 Å². The zero-order chi connectivity index (χ0) is 10.9. The number of rotatable bonds is 4. The van der Waals surface area contributed by atoms with Gasteiger partial charge in [0, 0.05) is 0 Å². The van der Waals surface area contributed by atoms with Crippen LogP contribution in [0.3, 0.4) is 0 Å². The first-order chi connectivity index (χ1) is 7.25. The number of hydrogen-bond donors (Lipinski definition) is 1. The molecule has 0 amide bonds. The minimum Gasteiger partial charge on any atom is -0.493 e. The molecule has 82 valence electrons. The first-order valence-electron chi connectivity index (χ1n) is 4.81. The lowest BCUT2D eigenvalue weighted by molar-refractivity contribution is -0.295. The van der Waals surface area contributed by atoms with Crippen molar-refractivity contribution in [1.29, 1.82) is 0 Å². The third kappa shape index (κ3) is 1.66. The fourth-order valence-corrected chi connectivity index (χ4v) is 1.67. The predicted molar refractivity (Wildman–Crippen MR) is 54.2 cm³/mol. The molecule has 1 aliphatic carbocycles. The van der Waals surface area contributed by atoms with Crippen LogP contribution >= 0.6 is 0 Å². The maximum atomic E-state index is 8.83. The first-order valence-corrected chi connectivity index (χ1v) is 4.81. The minimum absolute atomic E-state index is 0.514. The van der Waals surface area contributed by atoms with E-state index in [1.54, 1.807) is 14.2 Å². The summed E-state index contributed by atoms with van der Waals surface area (Å²) in [4.78, 5) is 4.51. The summed E-state index contributed by atoms with van der Waals surface area (Å²) in [6.45, 7) is 0. The number of methoxy groups -OCH3 is 2. The average molecular weight is 210 g/mol. The molecule has 4 nitrogen and oxygen atoms in total. The zero-order valence-electron chi connectivity index (χ0n) is 8.82. The van der Waals surface area contributed by atoms with Crippen molar-refractivity contribution in [3.63, 3.8) is 0 Å². The molecule has 0 aromatic heterocycles. The van der Waals surface area contributed by atoms with Crippen LogP contribution in [0, 0.1) is 0 Å². The third-order valence-corrected chi connectivity index (χ3v) is 2.79. The van der Waals surface area contributed by atoms with Gasteiger partial charge >= 0.3 is 0 Å². The van der Waals surface area contributed by atoms with E-state index in [-0.39, 0.29) is 0 Å². The molecule has 0 bridgehead atoms. The Balaban J connectivity index is 2.35. The average Bonchev–Trinajstić information content (AvgIpc) is 3.09. The van der Waals surface area contributed by atoms with Gasteiger partial charge in [-0.15, -0.1) is 0 Å². The van der Waals surface area contributed by atoms with E-state index in [0.717, 1.165) is 18.4 Å². The smallest absolute Gasteiger partial charge is 0.161 e. The molecule has 1 N–H and O–H groups in total. The molecule has 1 fully saturated rings. The number of ether oxygens (including phenoxy) is 2. The summed E-state index contributed by atoms with van der Waals surface area (Å²) in [6.07, 6.45) is 1.66. The SMILES string of the molecule is COc1ccc(C2(OO)CC2)cc1OC. The Bertz CT molecular complexity index is 358. The third-order valence-electron chi connectivity index (χ3n) is 2.79. The van der Waals surface area contributed by atoms with Crippen molar-refractivity contribution in [2.75, 3.05) is 14.2 Å². The lowest BCUT2D eigenvalue weighted by atomic mass is 10.1. The Labute approximate surface area is 88.3 Å². The van der Waals surface area contributed by atoms with Gasteiger partial charge in [-0.3, -0.25) is 5.26 Å². The van der Waals surface area contributed by atoms with Crippen LogP contribution in [-0.2, 0) is 10.5 Å². The molecule has 1 aliphatic rings. The molecule has 0 aliphatic heterocycles. The second-order valence-electron chi connectivity index (χ2n) is 3.66. The molecule has 1 aromatic rings. The van der Waals surface area contributed by atoms with Gasteiger partial charge in [-0.1, -0.05) is 6.07 Å². The molecule has 0 radical (unpaired) electrons. The van der Waals surface area contributed by atoms with Crippen LogP contribution in [0.5, 0.6) is 11.5 Å². The van der Waals surface area contributed by atoms with Crippen LogP contribution in [0.25, 0.3) is 0 Å². The lowest BCUT2D eigenvalue weighted by Gasteiger charge is -2.14. The summed E-state index contributed by atoms with van der Waals surface area (Å²) in [6, 6.07) is 5.53. The molecular formula is C11H14O4. The monoisotopic (exact) mass is 210 g/mol. The molecule has 1 aromatic carbocycles. The Morgan fingerprint density at radius 2 is 1.80 bits per heavy atom. The second kappa shape index (κ2) is 3.72. The largest absolute Gasteiger partial charge is 0.493 e. The van der Waals surface area contributed by atoms with E-state index < -0.39 is 5.60 Å². The van der Waals surface area contributed by atoms with Crippen molar-refractivity contribution in [1.82, 2.24) is 0 Å². The van der Waals surface area contributed by atoms with E-state index in [9.17, 15) is 0 Å². The standard InChI is InChI=1S/C11H14O4/c1-13-9-4-3-8(7-10(9)14-2)11(15-12)5-6-11/h3-4,7,12H,5-6H2,1-2H3. The highest BCUT2D eigenvalue weighted by Gasteiger charge is 2.47. The quantitative estimate of drug-likeness (QED) is 0.611. The van der Waals surface area contributed by atoms with Crippen LogP contribution in [-0.4, -0.2) is 19.5 Å². The summed E-state index contributed by atoms with van der Waals surface area (Å²) >= 11 is 0. The van der Waals surface area contributed by atoms with Gasteiger partial charge in [-0.05, 0) is 30.5 Å². The van der Waals surface area contributed by atoms with Gasteiger partial charge in [-0.25, -0.2) is 4.89 Å². The molecule has 1 saturated carbocycles. The van der Waals surface area contributed by atoms with Crippen LogP contribution in [0.15, 0.2) is 18.2 Å². The van der Waals surface area contributed by atoms with E-state index in [1.165, 1.54) is 0 Å². The topological polar surface area (TPSA) is 47.9 Å². The normalized spacial score (nSPS) is 17.3. The Morgan fingerprint density at radius 3 is 2.27 bits per heavy atom. The summed E-state index contributed by atoms with van der Waals surface area (Å²) in [7, 11) is 3.17. The lowest BCUT2D eigenvalue weighted by Crippen LogP contribution is -2.09. The van der Waals surface area contributed by atoms with Gasteiger partial charge in [-0.2, -0.15) is 0 Å². The molecule has 4 heteroatoms. The maximum Gasteiger partial charge on any atom is 0.161 e. The van der Waals surface area contributed by atoms with E-state index in [1.807, 2.05) is 18.2 Å². The van der Waals surface area contributed by atoms with E-state index in [4.69, 9.17) is 14.7 Å². The molecule has 2 rings (SSSR count). The van der Waals surface area contributed by atoms with Crippen LogP contribution in [0.4, 0.5) is 0 Å². The highest BCUT2D eigenvalue weighted by Crippen LogP contribution is 2.50. The molecule has 0 saturated heterocycles. The van der Waals surface area contributed by atoms with Crippen molar-refractivity contribution in [2.24, 2.45) is 0 Å². The summed E-state index contributed by atoms with van der Waals surface area (Å²) in [5.74, 6) is 1.33. The van der Waals surface area contributed by atoms with Gasteiger partial charge in [0.15, 0.2) is 11.5 Å². The summed E-state index contributed by atoms with van der Waals surface area (Å²) in [5.41, 5.74) is 0.405. The fourth-order valence-electron chi connectivity index (χ4n) is 1.67. The van der Waals surface area contributed by atoms with Gasteiger partial charge in [0.25, 0.3) is 0 Å². The van der Waals surface area contributed by atoms with Gasteiger partial charge < -0.3 is 9.47 Å². The van der Waals surface area contributed by atoms with Crippen LogP contribution in [0.2, 0.25) is 0 Å². The summed E-state index contributed by atoms with van der Waals surface area (Å²) in [5, 5.41) is 8.83. The minimum atomic E-state index is -0.514. The van der Waals surface area contributed by atoms with Crippen molar-refractivity contribution in [2.45, 2.75) is 18.4 Å². The highest BCUT2D eigenvalue weighted by molar-refractivity contribution is 5.45. The first kappa shape index (κ1) is 10.3. The van der Waals surface area contributed by atoms with E-state index >= 15 is 0 Å². The summed E-state index contributed by atoms with van der Waals surface area (Å²) < 4.78 is 10.3. The van der Waals surface area contributed by atoms with Crippen LogP contribution < -0.4 is 9.47 Å². The van der Waals surface area contributed by atoms with Crippen molar-refractivity contribution >= 4 is 0 Å². The maximum absolute atomic E-state index is 8.83. The molecule has 0 heterocycles. The number of hydrogen-bond acceptors (Lipinski definition) is 4. The van der Waals surface area contributed by atoms with Gasteiger partial charge in [0.2, 0.25) is 0 Å². The molecule has 0 atom stereocenters. The molecular weight excluding hydrogens is 196 g/mol. The van der Waals surface area contributed by atoms with Crippen molar-refractivity contribution in [3.05, 3.63) is 23.8 Å². The van der Waals surface area contributed by atoms with Crippen molar-refractivity contribution < 1.29 is 19.6 Å². The second-order valence-corrected chi connectivity index (χ2v) is 3.66. The number of benzene rings is 1.